The summed E-state index contributed by atoms with van der Waals surface area (Å²) in [5, 5.41) is 3.70. The Hall–Kier alpha value is -3.17. The van der Waals surface area contributed by atoms with Crippen LogP contribution in [-0.4, -0.2) is 37.0 Å². The lowest BCUT2D eigenvalue weighted by Crippen LogP contribution is -2.33. The summed E-state index contributed by atoms with van der Waals surface area (Å²) in [7, 11) is 2.42. The molecule has 0 bridgehead atoms. The zero-order valence-electron chi connectivity index (χ0n) is 18.3. The van der Waals surface area contributed by atoms with Gasteiger partial charge < -0.3 is 19.8 Å². The lowest BCUT2D eigenvalue weighted by atomic mass is 9.90. The van der Waals surface area contributed by atoms with Crippen molar-refractivity contribution in [3.05, 3.63) is 67.8 Å². The monoisotopic (exact) mass is 490 g/mol. The largest absolute Gasteiger partial charge is 0.468 e. The van der Waals surface area contributed by atoms with Gasteiger partial charge in [-0.2, -0.15) is 0 Å². The van der Waals surface area contributed by atoms with Crippen LogP contribution in [0.2, 0.25) is 5.02 Å². The lowest BCUT2D eigenvalue weighted by Gasteiger charge is -2.18. The van der Waals surface area contributed by atoms with Crippen molar-refractivity contribution in [1.82, 2.24) is 10.3 Å². The second-order valence-electron chi connectivity index (χ2n) is 7.50. The number of esters is 2. The Kier molecular flexibility index (Phi) is 7.88. The Labute approximate surface area is 198 Å². The van der Waals surface area contributed by atoms with Gasteiger partial charge in [-0.15, -0.1) is 11.3 Å². The molecule has 1 aromatic carbocycles. The van der Waals surface area contributed by atoms with Gasteiger partial charge in [-0.25, -0.2) is 0 Å². The predicted molar refractivity (Wildman–Crippen MR) is 125 cm³/mol. The Balaban J connectivity index is 1.78. The van der Waals surface area contributed by atoms with Crippen molar-refractivity contribution in [3.8, 4) is 0 Å². The predicted octanol–water partition coefficient (Wildman–Crippen LogP) is 3.31. The third-order valence-electron chi connectivity index (χ3n) is 5.23. The number of hydrogen-bond donors (Lipinski definition) is 2. The van der Waals surface area contributed by atoms with E-state index in [0.717, 1.165) is 10.4 Å². The van der Waals surface area contributed by atoms with Gasteiger partial charge in [0, 0.05) is 22.6 Å². The van der Waals surface area contributed by atoms with Gasteiger partial charge >= 0.3 is 11.9 Å². The molecule has 2 aromatic heterocycles. The number of thiophene rings is 1. The fourth-order valence-electron chi connectivity index (χ4n) is 3.47. The first-order chi connectivity index (χ1) is 15.7. The van der Waals surface area contributed by atoms with Crippen molar-refractivity contribution in [2.24, 2.45) is 11.8 Å². The van der Waals surface area contributed by atoms with Crippen molar-refractivity contribution in [3.63, 3.8) is 0 Å². The zero-order chi connectivity index (χ0) is 24.1. The van der Waals surface area contributed by atoms with Crippen LogP contribution in [0, 0.1) is 11.8 Å². The van der Waals surface area contributed by atoms with Crippen molar-refractivity contribution in [1.29, 1.82) is 0 Å². The van der Waals surface area contributed by atoms with Crippen LogP contribution in [0.5, 0.6) is 0 Å². The molecule has 1 unspecified atom stereocenters. The van der Waals surface area contributed by atoms with Gasteiger partial charge in [0.15, 0.2) is 5.92 Å². The van der Waals surface area contributed by atoms with E-state index in [1.54, 1.807) is 37.3 Å². The van der Waals surface area contributed by atoms with Gasteiger partial charge in [0.1, 0.15) is 10.4 Å². The number of methoxy groups -OCH3 is 2. The summed E-state index contributed by atoms with van der Waals surface area (Å²) in [5.41, 5.74) is 0.448. The third-order valence-corrected chi connectivity index (χ3v) is 6.57. The standard InChI is InChI=1S/C23H23ClN2O6S/c1-12(18(22(29)31-2)23(30)32-3)8-15-9-16-19(27)17(11-26-21(16)33-15)20(28)25-10-13-4-6-14(24)7-5-13/h4-7,9,11-12,18H,8,10H2,1-3H3,(H,25,28)(H,26,27). The van der Waals surface area contributed by atoms with Gasteiger partial charge in [0.25, 0.3) is 5.91 Å². The second-order valence-corrected chi connectivity index (χ2v) is 9.07. The normalized spacial score (nSPS) is 11.9. The quantitative estimate of drug-likeness (QED) is 0.370. The molecule has 2 N–H and O–H groups in total. The van der Waals surface area contributed by atoms with Crippen LogP contribution in [0.4, 0.5) is 0 Å². The van der Waals surface area contributed by atoms with E-state index in [1.165, 1.54) is 31.8 Å². The van der Waals surface area contributed by atoms with Gasteiger partial charge in [0.05, 0.1) is 19.6 Å². The van der Waals surface area contributed by atoms with Gasteiger partial charge in [0.2, 0.25) is 5.43 Å². The third kappa shape index (κ3) is 5.61. The number of nitrogens with one attached hydrogen (secondary N) is 2. The number of H-pyrrole nitrogens is 1. The number of carbonyl (C=O) groups excluding carboxylic acids is 3. The van der Waals surface area contributed by atoms with Gasteiger partial charge in [-0.3, -0.25) is 19.2 Å². The molecule has 0 fully saturated rings. The Morgan fingerprint density at radius 3 is 2.36 bits per heavy atom. The van der Waals surface area contributed by atoms with E-state index in [1.807, 2.05) is 0 Å². The van der Waals surface area contributed by atoms with Crippen molar-refractivity contribution in [2.75, 3.05) is 14.2 Å². The second kappa shape index (κ2) is 10.6. The van der Waals surface area contributed by atoms with Crippen LogP contribution in [0.3, 0.4) is 0 Å². The first-order valence-electron chi connectivity index (χ1n) is 10.1. The molecule has 0 spiro atoms. The van der Waals surface area contributed by atoms with E-state index in [9.17, 15) is 19.2 Å². The molecular formula is C23H23ClN2O6S. The molecule has 0 saturated heterocycles. The topological polar surface area (TPSA) is 115 Å². The molecule has 2 heterocycles. The Bertz CT molecular complexity index is 1220. The Morgan fingerprint density at radius 1 is 1.12 bits per heavy atom. The van der Waals surface area contributed by atoms with Gasteiger partial charge in [-0.05, 0) is 36.1 Å². The van der Waals surface area contributed by atoms with Crippen LogP contribution < -0.4 is 10.7 Å². The number of benzene rings is 1. The van der Waals surface area contributed by atoms with E-state index in [0.29, 0.717) is 21.7 Å². The van der Waals surface area contributed by atoms with E-state index in [-0.39, 0.29) is 12.1 Å². The molecule has 0 aliphatic rings. The highest BCUT2D eigenvalue weighted by atomic mass is 35.5. The molecule has 0 aliphatic heterocycles. The average Bonchev–Trinajstić information content (AvgIpc) is 3.21. The average molecular weight is 491 g/mol. The summed E-state index contributed by atoms with van der Waals surface area (Å²) >= 11 is 7.19. The maximum atomic E-state index is 12.9. The number of aromatic amines is 1. The fraction of sp³-hybridized carbons (Fsp3) is 0.304. The molecular weight excluding hydrogens is 468 g/mol. The summed E-state index contributed by atoms with van der Waals surface area (Å²) < 4.78 is 9.46. The first-order valence-corrected chi connectivity index (χ1v) is 11.3. The SMILES string of the molecule is COC(=O)C(C(=O)OC)C(C)Cc1cc2c(=O)c(C(=O)NCc3ccc(Cl)cc3)c[nH]c2s1. The molecule has 8 nitrogen and oxygen atoms in total. The summed E-state index contributed by atoms with van der Waals surface area (Å²) in [4.78, 5) is 54.0. The number of ether oxygens (including phenoxy) is 2. The minimum atomic E-state index is -1.07. The number of pyridine rings is 1. The molecule has 0 saturated carbocycles. The molecule has 10 heteroatoms. The molecule has 174 valence electrons. The number of amides is 1. The number of halogens is 1. The van der Waals surface area contributed by atoms with Crippen molar-refractivity contribution < 1.29 is 23.9 Å². The van der Waals surface area contributed by atoms with Crippen molar-refractivity contribution in [2.45, 2.75) is 19.9 Å². The molecule has 1 atom stereocenters. The highest BCUT2D eigenvalue weighted by Crippen LogP contribution is 2.27. The summed E-state index contributed by atoms with van der Waals surface area (Å²) in [6, 6.07) is 8.70. The van der Waals surface area contributed by atoms with Crippen LogP contribution >= 0.6 is 22.9 Å². The number of aromatic nitrogens is 1. The first kappa shape index (κ1) is 24.5. The molecule has 3 aromatic rings. The maximum Gasteiger partial charge on any atom is 0.320 e. The number of rotatable bonds is 8. The zero-order valence-corrected chi connectivity index (χ0v) is 19.8. The molecule has 0 radical (unpaired) electrons. The smallest absolute Gasteiger partial charge is 0.320 e. The molecule has 3 rings (SSSR count). The summed E-state index contributed by atoms with van der Waals surface area (Å²) in [6.07, 6.45) is 1.73. The maximum absolute atomic E-state index is 12.9. The van der Waals surface area contributed by atoms with E-state index >= 15 is 0 Å². The Morgan fingerprint density at radius 2 is 1.76 bits per heavy atom. The fourth-order valence-corrected chi connectivity index (χ4v) is 4.76. The summed E-state index contributed by atoms with van der Waals surface area (Å²) in [5.74, 6) is -3.34. The van der Waals surface area contributed by atoms with Crippen LogP contribution in [0.25, 0.3) is 10.2 Å². The van der Waals surface area contributed by atoms with Crippen molar-refractivity contribution >= 4 is 51.0 Å². The number of carbonyl (C=O) groups is 3. The minimum Gasteiger partial charge on any atom is -0.468 e. The number of fused-ring (bicyclic) bond motifs is 1. The highest BCUT2D eigenvalue weighted by molar-refractivity contribution is 7.18. The molecule has 0 aliphatic carbocycles. The molecule has 1 amide bonds. The molecule has 33 heavy (non-hydrogen) atoms. The van der Waals surface area contributed by atoms with Crippen LogP contribution in [0.1, 0.15) is 27.7 Å². The van der Waals surface area contributed by atoms with Gasteiger partial charge in [-0.1, -0.05) is 30.7 Å². The van der Waals surface area contributed by atoms with Crippen LogP contribution in [-0.2, 0) is 32.0 Å². The highest BCUT2D eigenvalue weighted by Gasteiger charge is 2.34. The minimum absolute atomic E-state index is 0.00383. The van der Waals surface area contributed by atoms with E-state index < -0.39 is 35.1 Å². The lowest BCUT2D eigenvalue weighted by molar-refractivity contribution is -0.161. The van der Waals surface area contributed by atoms with E-state index in [2.05, 4.69) is 10.3 Å². The summed E-state index contributed by atoms with van der Waals surface area (Å²) in [6.45, 7) is 1.99. The van der Waals surface area contributed by atoms with Crippen LogP contribution in [0.15, 0.2) is 41.3 Å². The number of hydrogen-bond acceptors (Lipinski definition) is 7. The van der Waals surface area contributed by atoms with E-state index in [4.69, 9.17) is 21.1 Å².